The van der Waals surface area contributed by atoms with Crippen LogP contribution in [-0.2, 0) is 5.41 Å². The van der Waals surface area contributed by atoms with E-state index in [4.69, 9.17) is 0 Å². The van der Waals surface area contributed by atoms with E-state index < -0.39 is 0 Å². The van der Waals surface area contributed by atoms with E-state index in [0.717, 1.165) is 5.92 Å². The van der Waals surface area contributed by atoms with Gasteiger partial charge in [-0.05, 0) is 64.4 Å². The predicted octanol–water partition coefficient (Wildman–Crippen LogP) is 5.60. The Morgan fingerprint density at radius 3 is 2.38 bits per heavy atom. The second-order valence-electron chi connectivity index (χ2n) is 6.74. The first-order valence-electron chi connectivity index (χ1n) is 7.96. The molecule has 2 bridgehead atoms. The van der Waals surface area contributed by atoms with Gasteiger partial charge in [-0.15, -0.1) is 0 Å². The predicted molar refractivity (Wildman–Crippen MR) is 89.6 cm³/mol. The molecule has 0 amide bonds. The second kappa shape index (κ2) is 3.98. The van der Waals surface area contributed by atoms with Crippen molar-refractivity contribution in [3.8, 4) is 0 Å². The first kappa shape index (κ1) is 11.6. The van der Waals surface area contributed by atoms with Gasteiger partial charge in [0.1, 0.15) is 0 Å². The van der Waals surface area contributed by atoms with Gasteiger partial charge in [0.25, 0.3) is 0 Å². The van der Waals surface area contributed by atoms with E-state index in [9.17, 15) is 0 Å². The zero-order valence-electron chi connectivity index (χ0n) is 12.0. The lowest BCUT2D eigenvalue weighted by Crippen LogP contribution is -2.17. The van der Waals surface area contributed by atoms with Gasteiger partial charge in [-0.2, -0.15) is 0 Å². The van der Waals surface area contributed by atoms with E-state index in [1.54, 1.807) is 5.56 Å². The normalized spacial score (nSPS) is 27.0. The second-order valence-corrected chi connectivity index (χ2v) is 6.74. The van der Waals surface area contributed by atoms with Crippen molar-refractivity contribution in [3.63, 3.8) is 0 Å². The summed E-state index contributed by atoms with van der Waals surface area (Å²) in [6, 6.07) is 20.3. The van der Waals surface area contributed by atoms with Crippen molar-refractivity contribution in [2.75, 3.05) is 0 Å². The molecule has 2 aliphatic rings. The molecule has 2 atom stereocenters. The lowest BCUT2D eigenvalue weighted by Gasteiger charge is -2.26. The Balaban J connectivity index is 1.84. The van der Waals surface area contributed by atoms with Gasteiger partial charge in [0.15, 0.2) is 0 Å². The Morgan fingerprint density at radius 2 is 1.67 bits per heavy atom. The van der Waals surface area contributed by atoms with Gasteiger partial charge in [-0.3, -0.25) is 0 Å². The van der Waals surface area contributed by atoms with Crippen LogP contribution >= 0.6 is 0 Å². The minimum atomic E-state index is 0.312. The molecule has 0 nitrogen and oxygen atoms in total. The summed E-state index contributed by atoms with van der Waals surface area (Å²) in [5.74, 6) is 0.820. The fourth-order valence-corrected chi connectivity index (χ4v) is 4.49. The third-order valence-electron chi connectivity index (χ3n) is 5.56. The molecule has 3 aromatic rings. The van der Waals surface area contributed by atoms with Gasteiger partial charge >= 0.3 is 0 Å². The SMILES string of the molecule is C1=CC2(c3cccc4cc5ccccc5cc34)CCC1C2. The minimum absolute atomic E-state index is 0.312. The van der Waals surface area contributed by atoms with Crippen LogP contribution < -0.4 is 0 Å². The fraction of sp³-hybridized carbons (Fsp3) is 0.238. The van der Waals surface area contributed by atoms with Crippen LogP contribution in [0.15, 0.2) is 66.7 Å². The maximum Gasteiger partial charge on any atom is 0.0144 e. The fourth-order valence-electron chi connectivity index (χ4n) is 4.49. The van der Waals surface area contributed by atoms with E-state index in [1.165, 1.54) is 40.8 Å². The van der Waals surface area contributed by atoms with Crippen LogP contribution in [0.3, 0.4) is 0 Å². The van der Waals surface area contributed by atoms with Gasteiger partial charge in [-0.1, -0.05) is 54.6 Å². The van der Waals surface area contributed by atoms with Gasteiger partial charge in [0.05, 0.1) is 0 Å². The average molecular weight is 270 g/mol. The first-order valence-corrected chi connectivity index (χ1v) is 7.96. The van der Waals surface area contributed by atoms with Crippen LogP contribution in [0.2, 0.25) is 0 Å². The molecule has 0 spiro atoms. The molecule has 102 valence electrons. The molecule has 2 unspecified atom stereocenters. The molecule has 0 saturated heterocycles. The average Bonchev–Trinajstić information content (AvgIpc) is 3.14. The molecule has 2 aliphatic carbocycles. The van der Waals surface area contributed by atoms with E-state index >= 15 is 0 Å². The number of allylic oxidation sites excluding steroid dienone is 2. The Kier molecular flexibility index (Phi) is 2.19. The highest BCUT2D eigenvalue weighted by atomic mass is 14.5. The lowest BCUT2D eigenvalue weighted by atomic mass is 9.77. The monoisotopic (exact) mass is 270 g/mol. The molecular formula is C21H18. The van der Waals surface area contributed by atoms with Crippen molar-refractivity contribution in [1.82, 2.24) is 0 Å². The molecular weight excluding hydrogens is 252 g/mol. The summed E-state index contributed by atoms with van der Waals surface area (Å²) in [6.45, 7) is 0. The zero-order chi connectivity index (χ0) is 13.9. The van der Waals surface area contributed by atoms with Crippen LogP contribution in [0.1, 0.15) is 24.8 Å². The Bertz CT molecular complexity index is 887. The third-order valence-corrected chi connectivity index (χ3v) is 5.56. The minimum Gasteiger partial charge on any atom is -0.0845 e. The molecule has 1 fully saturated rings. The lowest BCUT2D eigenvalue weighted by molar-refractivity contribution is 0.572. The number of fused-ring (bicyclic) bond motifs is 4. The molecule has 0 heteroatoms. The summed E-state index contributed by atoms with van der Waals surface area (Å²) in [5.41, 5.74) is 1.86. The van der Waals surface area contributed by atoms with Crippen LogP contribution in [0.5, 0.6) is 0 Å². The Labute approximate surface area is 125 Å². The summed E-state index contributed by atoms with van der Waals surface area (Å²) < 4.78 is 0. The largest absolute Gasteiger partial charge is 0.0845 e. The van der Waals surface area contributed by atoms with Gasteiger partial charge in [-0.25, -0.2) is 0 Å². The highest BCUT2D eigenvalue weighted by molar-refractivity contribution is 6.00. The maximum atomic E-state index is 2.49. The van der Waals surface area contributed by atoms with E-state index in [-0.39, 0.29) is 0 Å². The molecule has 3 aromatic carbocycles. The Morgan fingerprint density at radius 1 is 0.857 bits per heavy atom. The molecule has 5 rings (SSSR count). The number of hydrogen-bond acceptors (Lipinski definition) is 0. The first-order chi connectivity index (χ1) is 10.3. The summed E-state index contributed by atoms with van der Waals surface area (Å²) in [5, 5.41) is 5.52. The number of rotatable bonds is 1. The van der Waals surface area contributed by atoms with E-state index in [1.807, 2.05) is 0 Å². The van der Waals surface area contributed by atoms with Crippen LogP contribution in [0.25, 0.3) is 21.5 Å². The van der Waals surface area contributed by atoms with Crippen molar-refractivity contribution in [3.05, 3.63) is 72.3 Å². The molecule has 0 radical (unpaired) electrons. The summed E-state index contributed by atoms with van der Waals surface area (Å²) in [4.78, 5) is 0. The summed E-state index contributed by atoms with van der Waals surface area (Å²) in [7, 11) is 0. The smallest absolute Gasteiger partial charge is 0.0144 e. The molecule has 0 N–H and O–H groups in total. The van der Waals surface area contributed by atoms with Gasteiger partial charge in [0, 0.05) is 5.41 Å². The highest BCUT2D eigenvalue weighted by Gasteiger charge is 2.42. The van der Waals surface area contributed by atoms with Crippen molar-refractivity contribution < 1.29 is 0 Å². The van der Waals surface area contributed by atoms with Crippen molar-refractivity contribution >= 4 is 21.5 Å². The molecule has 0 heterocycles. The van der Waals surface area contributed by atoms with Crippen molar-refractivity contribution in [2.24, 2.45) is 5.92 Å². The van der Waals surface area contributed by atoms with Gasteiger partial charge in [0.2, 0.25) is 0 Å². The number of hydrogen-bond donors (Lipinski definition) is 0. The van der Waals surface area contributed by atoms with E-state index in [2.05, 4.69) is 66.7 Å². The molecule has 21 heavy (non-hydrogen) atoms. The molecule has 1 saturated carbocycles. The number of benzene rings is 3. The third kappa shape index (κ3) is 1.56. The van der Waals surface area contributed by atoms with Gasteiger partial charge < -0.3 is 0 Å². The van der Waals surface area contributed by atoms with Crippen molar-refractivity contribution in [1.29, 1.82) is 0 Å². The van der Waals surface area contributed by atoms with Crippen LogP contribution in [0, 0.1) is 5.92 Å². The van der Waals surface area contributed by atoms with Crippen LogP contribution in [-0.4, -0.2) is 0 Å². The highest BCUT2D eigenvalue weighted by Crippen LogP contribution is 2.52. The topological polar surface area (TPSA) is 0 Å². The standard InChI is InChI=1S/C21H18/c1-2-5-17-13-19-18(12-16(17)4-1)6-3-7-20(19)21-10-8-15(14-21)9-11-21/h1-8,10,12-13,15H,9,11,14H2. The van der Waals surface area contributed by atoms with Crippen molar-refractivity contribution in [2.45, 2.75) is 24.7 Å². The summed E-state index contributed by atoms with van der Waals surface area (Å²) in [6.07, 6.45) is 8.94. The summed E-state index contributed by atoms with van der Waals surface area (Å²) >= 11 is 0. The molecule has 0 aliphatic heterocycles. The van der Waals surface area contributed by atoms with Crippen LogP contribution in [0.4, 0.5) is 0 Å². The zero-order valence-corrected chi connectivity index (χ0v) is 12.0. The Hall–Kier alpha value is -2.08. The van der Waals surface area contributed by atoms with E-state index in [0.29, 0.717) is 5.41 Å². The maximum absolute atomic E-state index is 2.49. The molecule has 0 aromatic heterocycles. The quantitative estimate of drug-likeness (QED) is 0.399.